The van der Waals surface area contributed by atoms with E-state index in [-0.39, 0.29) is 5.60 Å². The fourth-order valence-electron chi connectivity index (χ4n) is 2.57. The highest BCUT2D eigenvalue weighted by Crippen LogP contribution is 2.52. The van der Waals surface area contributed by atoms with Gasteiger partial charge in [-0.3, -0.25) is 0 Å². The highest BCUT2D eigenvalue weighted by molar-refractivity contribution is 5.00. The predicted molar refractivity (Wildman–Crippen MR) is 45.5 cm³/mol. The maximum absolute atomic E-state index is 5.88. The maximum atomic E-state index is 5.88. The Kier molecular flexibility index (Phi) is 1.39. The molecular formula is C10H18O. The number of rotatable bonds is 0. The second kappa shape index (κ2) is 2.01. The van der Waals surface area contributed by atoms with Crippen molar-refractivity contribution < 1.29 is 4.74 Å². The number of hydrogen-bond donors (Lipinski definition) is 0. The molecule has 1 nitrogen and oxygen atoms in total. The van der Waals surface area contributed by atoms with Gasteiger partial charge in [0, 0.05) is 0 Å². The molecular weight excluding hydrogens is 136 g/mol. The van der Waals surface area contributed by atoms with Crippen molar-refractivity contribution in [2.24, 2.45) is 11.3 Å². The van der Waals surface area contributed by atoms with Crippen LogP contribution >= 0.6 is 0 Å². The van der Waals surface area contributed by atoms with E-state index < -0.39 is 0 Å². The Labute approximate surface area is 69.1 Å². The molecule has 0 aromatic heterocycles. The maximum Gasteiger partial charge on any atom is 0.0705 e. The summed E-state index contributed by atoms with van der Waals surface area (Å²) in [6.45, 7) is 7.99. The Balaban J connectivity index is 2.27. The first-order valence-corrected chi connectivity index (χ1v) is 4.67. The van der Waals surface area contributed by atoms with Gasteiger partial charge in [0.15, 0.2) is 0 Å². The van der Waals surface area contributed by atoms with E-state index >= 15 is 0 Å². The molecule has 64 valence electrons. The molecule has 2 unspecified atom stereocenters. The lowest BCUT2D eigenvalue weighted by Crippen LogP contribution is -2.54. The van der Waals surface area contributed by atoms with E-state index in [9.17, 15) is 0 Å². The van der Waals surface area contributed by atoms with Crippen LogP contribution in [-0.4, -0.2) is 12.2 Å². The molecule has 0 amide bonds. The Morgan fingerprint density at radius 3 is 2.27 bits per heavy atom. The van der Waals surface area contributed by atoms with E-state index in [2.05, 4.69) is 20.8 Å². The molecule has 11 heavy (non-hydrogen) atoms. The summed E-state index contributed by atoms with van der Waals surface area (Å²) < 4.78 is 5.88. The average molecular weight is 154 g/mol. The molecule has 3 rings (SSSR count). The summed E-state index contributed by atoms with van der Waals surface area (Å²) in [5.41, 5.74) is 0.593. The van der Waals surface area contributed by atoms with Gasteiger partial charge in [0.05, 0.1) is 12.2 Å². The van der Waals surface area contributed by atoms with Crippen molar-refractivity contribution in [2.75, 3.05) is 6.61 Å². The molecule has 0 N–H and O–H groups in total. The number of hydrogen-bond acceptors (Lipinski definition) is 1. The molecule has 2 bridgehead atoms. The first kappa shape index (κ1) is 7.60. The van der Waals surface area contributed by atoms with E-state index in [1.54, 1.807) is 0 Å². The largest absolute Gasteiger partial charge is 0.374 e. The minimum atomic E-state index is 0.182. The Morgan fingerprint density at radius 2 is 2.00 bits per heavy atom. The average Bonchev–Trinajstić information content (AvgIpc) is 1.91. The zero-order valence-electron chi connectivity index (χ0n) is 7.81. The summed E-state index contributed by atoms with van der Waals surface area (Å²) in [6.07, 6.45) is 4.02. The molecule has 2 aliphatic heterocycles. The second-order valence-electron chi connectivity index (χ2n) is 5.03. The van der Waals surface area contributed by atoms with Crippen LogP contribution in [0.5, 0.6) is 0 Å². The van der Waals surface area contributed by atoms with Crippen LogP contribution in [0, 0.1) is 11.3 Å². The van der Waals surface area contributed by atoms with Crippen LogP contribution in [0.3, 0.4) is 0 Å². The van der Waals surface area contributed by atoms with Gasteiger partial charge in [0.25, 0.3) is 0 Å². The first-order chi connectivity index (χ1) is 5.04. The molecule has 1 heteroatoms. The molecule has 0 spiro atoms. The standard InChI is InChI=1S/C10H18O/c1-9(2)6-8-4-5-10(9,3)11-7-8/h8H,4-7H2,1-3H3. The van der Waals surface area contributed by atoms with E-state index in [1.165, 1.54) is 19.3 Å². The zero-order valence-corrected chi connectivity index (χ0v) is 7.81. The van der Waals surface area contributed by atoms with Crippen LogP contribution in [-0.2, 0) is 4.74 Å². The quantitative estimate of drug-likeness (QED) is 0.521. The predicted octanol–water partition coefficient (Wildman–Crippen LogP) is 2.60. The first-order valence-electron chi connectivity index (χ1n) is 4.67. The van der Waals surface area contributed by atoms with Crippen molar-refractivity contribution in [3.05, 3.63) is 0 Å². The van der Waals surface area contributed by atoms with E-state index in [0.717, 1.165) is 12.5 Å². The van der Waals surface area contributed by atoms with Gasteiger partial charge < -0.3 is 4.74 Å². The molecule has 0 aromatic rings. The molecule has 2 heterocycles. The van der Waals surface area contributed by atoms with Gasteiger partial charge >= 0.3 is 0 Å². The van der Waals surface area contributed by atoms with Crippen molar-refractivity contribution in [1.82, 2.24) is 0 Å². The monoisotopic (exact) mass is 154 g/mol. The summed E-state index contributed by atoms with van der Waals surface area (Å²) >= 11 is 0. The Hall–Kier alpha value is -0.0400. The number of fused-ring (bicyclic) bond motifs is 3. The summed E-state index contributed by atoms with van der Waals surface area (Å²) in [4.78, 5) is 0. The third-order valence-electron chi connectivity index (χ3n) is 3.90. The molecule has 1 aliphatic carbocycles. The highest BCUT2D eigenvalue weighted by atomic mass is 16.5. The SMILES string of the molecule is CC1(C)CC2CCC1(C)OC2. The van der Waals surface area contributed by atoms with E-state index in [4.69, 9.17) is 4.74 Å². The normalized spacial score (nSPS) is 47.7. The smallest absolute Gasteiger partial charge is 0.0705 e. The lowest BCUT2D eigenvalue weighted by atomic mass is 9.61. The van der Waals surface area contributed by atoms with Crippen LogP contribution in [0.25, 0.3) is 0 Å². The van der Waals surface area contributed by atoms with Crippen molar-refractivity contribution in [3.8, 4) is 0 Å². The van der Waals surface area contributed by atoms with Crippen LogP contribution in [0.2, 0.25) is 0 Å². The minimum absolute atomic E-state index is 0.182. The second-order valence-corrected chi connectivity index (χ2v) is 5.03. The molecule has 2 saturated heterocycles. The van der Waals surface area contributed by atoms with Gasteiger partial charge in [-0.05, 0) is 37.5 Å². The molecule has 3 fully saturated rings. The molecule has 0 radical (unpaired) electrons. The van der Waals surface area contributed by atoms with Gasteiger partial charge in [-0.15, -0.1) is 0 Å². The van der Waals surface area contributed by atoms with Crippen molar-refractivity contribution in [2.45, 2.75) is 45.6 Å². The third kappa shape index (κ3) is 0.936. The fraction of sp³-hybridized carbons (Fsp3) is 1.00. The molecule has 3 aliphatic rings. The third-order valence-corrected chi connectivity index (χ3v) is 3.90. The molecule has 0 aromatic carbocycles. The van der Waals surface area contributed by atoms with E-state index in [1.807, 2.05) is 0 Å². The summed E-state index contributed by atoms with van der Waals surface area (Å²) in [7, 11) is 0. The summed E-state index contributed by atoms with van der Waals surface area (Å²) in [6, 6.07) is 0. The van der Waals surface area contributed by atoms with Crippen LogP contribution in [0.4, 0.5) is 0 Å². The van der Waals surface area contributed by atoms with Gasteiger partial charge in [-0.2, -0.15) is 0 Å². The fourth-order valence-corrected chi connectivity index (χ4v) is 2.57. The minimum Gasteiger partial charge on any atom is -0.374 e. The van der Waals surface area contributed by atoms with Crippen LogP contribution in [0.1, 0.15) is 40.0 Å². The lowest BCUT2D eigenvalue weighted by molar-refractivity contribution is -0.205. The van der Waals surface area contributed by atoms with Crippen LogP contribution < -0.4 is 0 Å². The van der Waals surface area contributed by atoms with Crippen molar-refractivity contribution in [1.29, 1.82) is 0 Å². The molecule has 1 saturated carbocycles. The lowest BCUT2D eigenvalue weighted by Gasteiger charge is -2.55. The van der Waals surface area contributed by atoms with Gasteiger partial charge in [-0.1, -0.05) is 13.8 Å². The van der Waals surface area contributed by atoms with Gasteiger partial charge in [0.1, 0.15) is 0 Å². The summed E-state index contributed by atoms with van der Waals surface area (Å²) in [5.74, 6) is 0.854. The van der Waals surface area contributed by atoms with E-state index in [0.29, 0.717) is 5.41 Å². The Bertz CT molecular complexity index is 164. The van der Waals surface area contributed by atoms with Crippen LogP contribution in [0.15, 0.2) is 0 Å². The van der Waals surface area contributed by atoms with Crippen molar-refractivity contribution >= 4 is 0 Å². The highest BCUT2D eigenvalue weighted by Gasteiger charge is 2.50. The van der Waals surface area contributed by atoms with Crippen molar-refractivity contribution in [3.63, 3.8) is 0 Å². The van der Waals surface area contributed by atoms with Gasteiger partial charge in [0.2, 0.25) is 0 Å². The molecule has 2 atom stereocenters. The van der Waals surface area contributed by atoms with Gasteiger partial charge in [-0.25, -0.2) is 0 Å². The number of ether oxygens (including phenoxy) is 1. The Morgan fingerprint density at radius 1 is 1.27 bits per heavy atom. The zero-order chi connectivity index (χ0) is 8.11. The summed E-state index contributed by atoms with van der Waals surface area (Å²) in [5, 5.41) is 0. The topological polar surface area (TPSA) is 9.23 Å².